The molecule has 2 amide bonds. The van der Waals surface area contributed by atoms with Crippen molar-refractivity contribution >= 4 is 28.4 Å². The summed E-state index contributed by atoms with van der Waals surface area (Å²) in [5.41, 5.74) is 1.50. The Balaban J connectivity index is 1.55. The average Bonchev–Trinajstić information content (AvgIpc) is 2.69. The molecule has 3 rings (SSSR count). The van der Waals surface area contributed by atoms with E-state index >= 15 is 0 Å². The highest BCUT2D eigenvalue weighted by Crippen LogP contribution is 2.25. The Morgan fingerprint density at radius 1 is 1.22 bits per heavy atom. The van der Waals surface area contributed by atoms with Gasteiger partial charge in [0, 0.05) is 57.7 Å². The van der Waals surface area contributed by atoms with Gasteiger partial charge in [0.1, 0.15) is 0 Å². The smallest absolute Gasteiger partial charge is 0.223 e. The molecule has 144 valence electrons. The summed E-state index contributed by atoms with van der Waals surface area (Å²) < 4.78 is 5.32. The standard InChI is InChI=1S/C20H26N4O3/c1-16(25)24(18-6-2-4-17-5-3-8-22-20(17)18)10-7-19(26)21-9-11-23-12-14-27-15-13-23/h2-6,8H,7,9-15H2,1H3,(H,21,26). The van der Waals surface area contributed by atoms with Crippen molar-refractivity contribution in [2.24, 2.45) is 0 Å². The van der Waals surface area contributed by atoms with Gasteiger partial charge in [0.25, 0.3) is 0 Å². The van der Waals surface area contributed by atoms with Crippen LogP contribution >= 0.6 is 0 Å². The molecule has 0 spiro atoms. The van der Waals surface area contributed by atoms with Gasteiger partial charge in [0.2, 0.25) is 11.8 Å². The van der Waals surface area contributed by atoms with E-state index in [0.29, 0.717) is 13.1 Å². The lowest BCUT2D eigenvalue weighted by molar-refractivity contribution is -0.121. The van der Waals surface area contributed by atoms with E-state index in [4.69, 9.17) is 4.74 Å². The lowest BCUT2D eigenvalue weighted by atomic mass is 10.1. The van der Waals surface area contributed by atoms with E-state index in [1.807, 2.05) is 30.3 Å². The molecule has 1 aromatic heterocycles. The Kier molecular flexibility index (Phi) is 6.73. The molecular weight excluding hydrogens is 344 g/mol. The molecule has 27 heavy (non-hydrogen) atoms. The molecule has 7 nitrogen and oxygen atoms in total. The number of rotatable bonds is 7. The van der Waals surface area contributed by atoms with Crippen LogP contribution < -0.4 is 10.2 Å². The molecule has 2 heterocycles. The number of pyridine rings is 1. The molecule has 1 aliphatic heterocycles. The molecule has 1 saturated heterocycles. The number of anilines is 1. The zero-order chi connectivity index (χ0) is 19.1. The maximum Gasteiger partial charge on any atom is 0.223 e. The van der Waals surface area contributed by atoms with Crippen LogP contribution in [0.25, 0.3) is 10.9 Å². The van der Waals surface area contributed by atoms with Gasteiger partial charge in [-0.25, -0.2) is 0 Å². The highest BCUT2D eigenvalue weighted by molar-refractivity contribution is 6.01. The lowest BCUT2D eigenvalue weighted by Gasteiger charge is -2.26. The number of carbonyl (C=O) groups excluding carboxylic acids is 2. The molecular formula is C20H26N4O3. The fourth-order valence-corrected chi connectivity index (χ4v) is 3.23. The van der Waals surface area contributed by atoms with Crippen molar-refractivity contribution < 1.29 is 14.3 Å². The van der Waals surface area contributed by atoms with E-state index in [0.717, 1.165) is 49.4 Å². The van der Waals surface area contributed by atoms with Gasteiger partial charge in [-0.3, -0.25) is 19.5 Å². The molecule has 1 aliphatic rings. The molecule has 1 fully saturated rings. The van der Waals surface area contributed by atoms with Crippen LogP contribution in [0.5, 0.6) is 0 Å². The Hall–Kier alpha value is -2.51. The predicted molar refractivity (Wildman–Crippen MR) is 105 cm³/mol. The third kappa shape index (κ3) is 5.24. The highest BCUT2D eigenvalue weighted by Gasteiger charge is 2.17. The van der Waals surface area contributed by atoms with Crippen molar-refractivity contribution in [1.82, 2.24) is 15.2 Å². The summed E-state index contributed by atoms with van der Waals surface area (Å²) in [6, 6.07) is 9.56. The van der Waals surface area contributed by atoms with Gasteiger partial charge in [-0.15, -0.1) is 0 Å². The Morgan fingerprint density at radius 2 is 2.00 bits per heavy atom. The molecule has 0 radical (unpaired) electrons. The molecule has 7 heteroatoms. The zero-order valence-electron chi connectivity index (χ0n) is 15.7. The number of fused-ring (bicyclic) bond motifs is 1. The topological polar surface area (TPSA) is 74.8 Å². The second kappa shape index (κ2) is 9.43. The summed E-state index contributed by atoms with van der Waals surface area (Å²) in [4.78, 5) is 32.7. The first-order valence-electron chi connectivity index (χ1n) is 9.34. The number of ether oxygens (including phenoxy) is 1. The molecule has 0 atom stereocenters. The van der Waals surface area contributed by atoms with Gasteiger partial charge in [-0.1, -0.05) is 18.2 Å². The minimum Gasteiger partial charge on any atom is -0.379 e. The molecule has 2 aromatic rings. The minimum atomic E-state index is -0.103. The normalized spacial score (nSPS) is 14.9. The minimum absolute atomic E-state index is 0.0531. The van der Waals surface area contributed by atoms with Gasteiger partial charge in [-0.05, 0) is 12.1 Å². The number of aromatic nitrogens is 1. The molecule has 0 bridgehead atoms. The maximum atomic E-state index is 12.2. The molecule has 1 aromatic carbocycles. The van der Waals surface area contributed by atoms with Crippen LogP contribution in [0.1, 0.15) is 13.3 Å². The van der Waals surface area contributed by atoms with E-state index in [1.54, 1.807) is 11.1 Å². The predicted octanol–water partition coefficient (Wildman–Crippen LogP) is 1.43. The first-order chi connectivity index (χ1) is 13.1. The first-order valence-corrected chi connectivity index (χ1v) is 9.34. The van der Waals surface area contributed by atoms with Gasteiger partial charge in [-0.2, -0.15) is 0 Å². The molecule has 0 saturated carbocycles. The summed E-state index contributed by atoms with van der Waals surface area (Å²) in [6.07, 6.45) is 1.97. The lowest BCUT2D eigenvalue weighted by Crippen LogP contribution is -2.42. The maximum absolute atomic E-state index is 12.2. The van der Waals surface area contributed by atoms with Crippen LogP contribution in [0.15, 0.2) is 36.5 Å². The van der Waals surface area contributed by atoms with E-state index in [-0.39, 0.29) is 18.2 Å². The van der Waals surface area contributed by atoms with Gasteiger partial charge < -0.3 is 15.0 Å². The van der Waals surface area contributed by atoms with Crippen LogP contribution in [0, 0.1) is 0 Å². The quantitative estimate of drug-likeness (QED) is 0.798. The number of benzene rings is 1. The van der Waals surface area contributed by atoms with Crippen molar-refractivity contribution in [3.8, 4) is 0 Å². The Bertz CT molecular complexity index is 784. The fourth-order valence-electron chi connectivity index (χ4n) is 3.23. The van der Waals surface area contributed by atoms with E-state index in [9.17, 15) is 9.59 Å². The number of amides is 2. The number of carbonyl (C=O) groups is 2. The highest BCUT2D eigenvalue weighted by atomic mass is 16.5. The van der Waals surface area contributed by atoms with Crippen molar-refractivity contribution in [3.63, 3.8) is 0 Å². The van der Waals surface area contributed by atoms with Crippen LogP contribution in [0.4, 0.5) is 5.69 Å². The van der Waals surface area contributed by atoms with Crippen LogP contribution in [-0.2, 0) is 14.3 Å². The summed E-state index contributed by atoms with van der Waals surface area (Å²) >= 11 is 0. The number of morpholine rings is 1. The number of hydrogen-bond donors (Lipinski definition) is 1. The summed E-state index contributed by atoms with van der Waals surface area (Å²) in [5.74, 6) is -0.156. The zero-order valence-corrected chi connectivity index (χ0v) is 15.7. The number of nitrogens with zero attached hydrogens (tertiary/aromatic N) is 3. The number of hydrogen-bond acceptors (Lipinski definition) is 5. The number of para-hydroxylation sites is 1. The average molecular weight is 370 g/mol. The van der Waals surface area contributed by atoms with E-state index < -0.39 is 0 Å². The SMILES string of the molecule is CC(=O)N(CCC(=O)NCCN1CCOCC1)c1cccc2cccnc12. The monoisotopic (exact) mass is 370 g/mol. The Labute approximate surface area is 159 Å². The van der Waals surface area contributed by atoms with Crippen LogP contribution in [-0.4, -0.2) is 67.6 Å². The van der Waals surface area contributed by atoms with Crippen LogP contribution in [0.3, 0.4) is 0 Å². The largest absolute Gasteiger partial charge is 0.379 e. The first kappa shape index (κ1) is 19.3. The van der Waals surface area contributed by atoms with Crippen molar-refractivity contribution in [2.75, 3.05) is 50.8 Å². The van der Waals surface area contributed by atoms with Gasteiger partial charge in [0.05, 0.1) is 24.4 Å². The third-order valence-electron chi connectivity index (χ3n) is 4.70. The number of nitrogens with one attached hydrogen (secondary N) is 1. The van der Waals surface area contributed by atoms with Crippen LogP contribution in [0.2, 0.25) is 0 Å². The molecule has 0 aliphatic carbocycles. The van der Waals surface area contributed by atoms with E-state index in [2.05, 4.69) is 15.2 Å². The van der Waals surface area contributed by atoms with E-state index in [1.165, 1.54) is 6.92 Å². The third-order valence-corrected chi connectivity index (χ3v) is 4.70. The second-order valence-electron chi connectivity index (χ2n) is 6.58. The summed E-state index contributed by atoms with van der Waals surface area (Å²) in [7, 11) is 0. The molecule has 0 unspecified atom stereocenters. The second-order valence-corrected chi connectivity index (χ2v) is 6.58. The van der Waals surface area contributed by atoms with Gasteiger partial charge in [0.15, 0.2) is 0 Å². The van der Waals surface area contributed by atoms with Crippen molar-refractivity contribution in [2.45, 2.75) is 13.3 Å². The molecule has 1 N–H and O–H groups in total. The fraction of sp³-hybridized carbons (Fsp3) is 0.450. The summed E-state index contributed by atoms with van der Waals surface area (Å²) in [6.45, 7) is 6.57. The Morgan fingerprint density at radius 3 is 2.78 bits per heavy atom. The van der Waals surface area contributed by atoms with Crippen molar-refractivity contribution in [1.29, 1.82) is 0 Å². The van der Waals surface area contributed by atoms with Gasteiger partial charge >= 0.3 is 0 Å². The summed E-state index contributed by atoms with van der Waals surface area (Å²) in [5, 5.41) is 3.91. The van der Waals surface area contributed by atoms with Crippen molar-refractivity contribution in [3.05, 3.63) is 36.5 Å².